The Morgan fingerprint density at radius 1 is 1.03 bits per heavy atom. The van der Waals surface area contributed by atoms with Crippen LogP contribution in [-0.4, -0.2) is 58.6 Å². The third-order valence-corrected chi connectivity index (χ3v) is 17.7. The van der Waals surface area contributed by atoms with E-state index in [2.05, 4.69) is 83.7 Å². The fourth-order valence-electron chi connectivity index (χ4n) is 2.98. The van der Waals surface area contributed by atoms with Crippen LogP contribution in [-0.2, 0) is 18.3 Å². The highest BCUT2D eigenvalue weighted by Gasteiger charge is 2.60. The van der Waals surface area contributed by atoms with Crippen molar-refractivity contribution in [1.82, 2.24) is 0 Å². The molecule has 4 atom stereocenters. The number of hydrogen-bond donors (Lipinski definition) is 0. The largest absolute Gasteiger partial charge is 0.497 e. The van der Waals surface area contributed by atoms with E-state index >= 15 is 0 Å². The van der Waals surface area contributed by atoms with Crippen molar-refractivity contribution in [2.45, 2.75) is 100 Å². The lowest BCUT2D eigenvalue weighted by molar-refractivity contribution is -0.114. The quantitative estimate of drug-likeness (QED) is 0.175. The molecule has 200 valence electrons. The van der Waals surface area contributed by atoms with Gasteiger partial charge in [-0.2, -0.15) is 0 Å². The summed E-state index contributed by atoms with van der Waals surface area (Å²) < 4.78 is 29.1. The minimum atomic E-state index is -2.25. The van der Waals surface area contributed by atoms with Crippen LogP contribution in [0.25, 0.3) is 0 Å². The van der Waals surface area contributed by atoms with E-state index in [1.807, 2.05) is 0 Å². The molecule has 1 aromatic carbocycles. The number of halogens is 2. The van der Waals surface area contributed by atoms with Crippen molar-refractivity contribution in [3.63, 3.8) is 0 Å². The molecule has 1 saturated heterocycles. The van der Waals surface area contributed by atoms with Crippen molar-refractivity contribution in [3.8, 4) is 5.75 Å². The molecule has 0 spiro atoms. The molecule has 0 bridgehead atoms. The first-order valence-electron chi connectivity index (χ1n) is 11.9. The minimum absolute atomic E-state index is 0.0358. The highest BCUT2D eigenvalue weighted by atomic mass is 79.9. The van der Waals surface area contributed by atoms with Gasteiger partial charge in [0.05, 0.1) is 19.3 Å². The third-order valence-electron chi connectivity index (χ3n) is 7.51. The number of alkyl halides is 2. The maximum Gasteiger partial charge on any atom is 0.340 e. The van der Waals surface area contributed by atoms with Gasteiger partial charge in [-0.1, -0.05) is 69.1 Å². The summed E-state index contributed by atoms with van der Waals surface area (Å²) in [5.74, 6) is 0.107. The van der Waals surface area contributed by atoms with Gasteiger partial charge in [0, 0.05) is 0 Å². The molecule has 4 unspecified atom stereocenters. The Morgan fingerprint density at radius 2 is 1.54 bits per heavy atom. The standard InChI is InChI=1S/C25H42BrClO6Si2/c1-23(2,3)34(8,9)30-16-19-20(33-35(10,11)24(4,5)6)25(26,27)22(31-19)32-21(28)17-12-14-18(29-7)15-13-17/h12-15,19-20,22H,16H2,1-11H3. The molecule has 0 N–H and O–H groups in total. The zero-order valence-electron chi connectivity index (χ0n) is 23.0. The molecule has 0 aromatic heterocycles. The van der Waals surface area contributed by atoms with Gasteiger partial charge in [0.1, 0.15) is 18.0 Å². The average molecular weight is 610 g/mol. The molecule has 1 aliphatic rings. The van der Waals surface area contributed by atoms with Gasteiger partial charge in [-0.3, -0.25) is 0 Å². The van der Waals surface area contributed by atoms with Crippen molar-refractivity contribution < 1.29 is 27.9 Å². The number of hydrogen-bond acceptors (Lipinski definition) is 6. The van der Waals surface area contributed by atoms with Crippen LogP contribution in [0.15, 0.2) is 24.3 Å². The molecule has 2 rings (SSSR count). The van der Waals surface area contributed by atoms with Crippen LogP contribution < -0.4 is 4.74 Å². The molecule has 10 heteroatoms. The number of benzene rings is 1. The first-order valence-corrected chi connectivity index (χ1v) is 18.9. The lowest BCUT2D eigenvalue weighted by atomic mass is 10.2. The molecular formula is C25H42BrClO6Si2. The number of carbonyl (C=O) groups is 1. The summed E-state index contributed by atoms with van der Waals surface area (Å²) in [7, 11) is -2.74. The van der Waals surface area contributed by atoms with Gasteiger partial charge in [0.15, 0.2) is 20.4 Å². The fraction of sp³-hybridized carbons (Fsp3) is 0.720. The summed E-state index contributed by atoms with van der Waals surface area (Å²) in [5.41, 5.74) is 0.372. The second-order valence-electron chi connectivity index (χ2n) is 12.2. The van der Waals surface area contributed by atoms with Gasteiger partial charge in [0.2, 0.25) is 6.29 Å². The number of carbonyl (C=O) groups excluding carboxylic acids is 1. The van der Waals surface area contributed by atoms with E-state index in [1.54, 1.807) is 31.4 Å². The summed E-state index contributed by atoms with van der Waals surface area (Å²) in [6.45, 7) is 22.1. The van der Waals surface area contributed by atoms with E-state index in [-0.39, 0.29) is 10.1 Å². The highest BCUT2D eigenvalue weighted by molar-refractivity contribution is 9.10. The van der Waals surface area contributed by atoms with Gasteiger partial charge in [-0.05, 0) is 60.5 Å². The topological polar surface area (TPSA) is 63.2 Å². The molecular weight excluding hydrogens is 568 g/mol. The molecule has 1 aromatic rings. The molecule has 0 saturated carbocycles. The van der Waals surface area contributed by atoms with Crippen molar-refractivity contribution in [2.24, 2.45) is 0 Å². The lowest BCUT2D eigenvalue weighted by Gasteiger charge is -2.42. The van der Waals surface area contributed by atoms with E-state index in [9.17, 15) is 4.79 Å². The van der Waals surface area contributed by atoms with Gasteiger partial charge in [-0.25, -0.2) is 4.79 Å². The van der Waals surface area contributed by atoms with Crippen LogP contribution in [0.4, 0.5) is 0 Å². The summed E-state index contributed by atoms with van der Waals surface area (Å²) in [6.07, 6.45) is -2.16. The summed E-state index contributed by atoms with van der Waals surface area (Å²) in [5, 5.41) is -0.0102. The van der Waals surface area contributed by atoms with Crippen LogP contribution in [0.5, 0.6) is 5.75 Å². The Balaban J connectivity index is 2.31. The van der Waals surface area contributed by atoms with E-state index in [0.29, 0.717) is 17.9 Å². The summed E-state index contributed by atoms with van der Waals surface area (Å²) in [6, 6.07) is 6.69. The Kier molecular flexibility index (Phi) is 9.46. The third kappa shape index (κ3) is 7.12. The Morgan fingerprint density at radius 3 is 2.00 bits per heavy atom. The number of methoxy groups -OCH3 is 1. The maximum atomic E-state index is 12.9. The molecule has 1 fully saturated rings. The van der Waals surface area contributed by atoms with Crippen LogP contribution in [0.3, 0.4) is 0 Å². The second kappa shape index (κ2) is 10.7. The molecule has 0 aliphatic carbocycles. The van der Waals surface area contributed by atoms with Crippen molar-refractivity contribution in [1.29, 1.82) is 0 Å². The predicted molar refractivity (Wildman–Crippen MR) is 150 cm³/mol. The first kappa shape index (κ1) is 30.8. The number of rotatable bonds is 8. The number of esters is 1. The smallest absolute Gasteiger partial charge is 0.340 e. The SMILES string of the molecule is COc1ccc(C(=O)OC2OC(CO[Si](C)(C)C(C)(C)C)C(O[Si](C)(C)C(C)(C)C)C2(Cl)Br)cc1. The van der Waals surface area contributed by atoms with Crippen LogP contribution in [0.1, 0.15) is 51.9 Å². The van der Waals surface area contributed by atoms with Crippen LogP contribution in [0, 0.1) is 0 Å². The molecule has 0 amide bonds. The lowest BCUT2D eigenvalue weighted by Crippen LogP contribution is -2.52. The second-order valence-corrected chi connectivity index (χ2v) is 24.1. The van der Waals surface area contributed by atoms with Crippen molar-refractivity contribution in [2.75, 3.05) is 13.7 Å². The fourth-order valence-corrected chi connectivity index (χ4v) is 6.44. The zero-order valence-corrected chi connectivity index (χ0v) is 27.3. The van der Waals surface area contributed by atoms with E-state index in [4.69, 9.17) is 34.7 Å². The molecule has 35 heavy (non-hydrogen) atoms. The van der Waals surface area contributed by atoms with E-state index in [1.165, 1.54) is 0 Å². The van der Waals surface area contributed by atoms with Gasteiger partial charge < -0.3 is 23.1 Å². The average Bonchev–Trinajstić information content (AvgIpc) is 2.94. The van der Waals surface area contributed by atoms with Gasteiger partial charge in [-0.15, -0.1) is 0 Å². The monoisotopic (exact) mass is 608 g/mol. The van der Waals surface area contributed by atoms with E-state index in [0.717, 1.165) is 0 Å². The van der Waals surface area contributed by atoms with Crippen LogP contribution in [0.2, 0.25) is 36.3 Å². The first-order chi connectivity index (χ1) is 15.7. The summed E-state index contributed by atoms with van der Waals surface area (Å²) in [4.78, 5) is 12.9. The molecule has 6 nitrogen and oxygen atoms in total. The molecule has 1 heterocycles. The maximum absolute atomic E-state index is 12.9. The van der Waals surface area contributed by atoms with E-state index < -0.39 is 44.9 Å². The molecule has 0 radical (unpaired) electrons. The van der Waals surface area contributed by atoms with Gasteiger partial charge >= 0.3 is 5.97 Å². The van der Waals surface area contributed by atoms with Crippen LogP contribution >= 0.6 is 27.5 Å². The Hall–Kier alpha value is -0.426. The summed E-state index contributed by atoms with van der Waals surface area (Å²) >= 11 is 10.6. The molecule has 1 aliphatic heterocycles. The highest BCUT2D eigenvalue weighted by Crippen LogP contribution is 2.49. The van der Waals surface area contributed by atoms with Gasteiger partial charge in [0.25, 0.3) is 0 Å². The predicted octanol–water partition coefficient (Wildman–Crippen LogP) is 7.32. The minimum Gasteiger partial charge on any atom is -0.497 e. The zero-order chi connectivity index (χ0) is 27.0. The number of ether oxygens (including phenoxy) is 3. The normalized spacial score (nSPS) is 26.0. The Bertz CT molecular complexity index is 877. The van der Waals surface area contributed by atoms with Crippen molar-refractivity contribution >= 4 is 50.1 Å². The Labute approximate surface area is 226 Å². The van der Waals surface area contributed by atoms with Crippen molar-refractivity contribution in [3.05, 3.63) is 29.8 Å².